The SMILES string of the molecule is CCCNc1nnc(CN2CC(=O)Nc3ccccc32)s1. The van der Waals surface area contributed by atoms with Crippen LogP contribution in [-0.4, -0.2) is 29.2 Å². The van der Waals surface area contributed by atoms with E-state index < -0.39 is 0 Å². The molecule has 2 heterocycles. The Morgan fingerprint density at radius 1 is 1.38 bits per heavy atom. The summed E-state index contributed by atoms with van der Waals surface area (Å²) in [5.41, 5.74) is 1.87. The highest BCUT2D eigenvalue weighted by Crippen LogP contribution is 2.30. The summed E-state index contributed by atoms with van der Waals surface area (Å²) in [6, 6.07) is 7.80. The van der Waals surface area contributed by atoms with Crippen molar-refractivity contribution in [3.8, 4) is 0 Å². The Balaban J connectivity index is 1.75. The van der Waals surface area contributed by atoms with Crippen LogP contribution in [0.2, 0.25) is 0 Å². The molecule has 1 aliphatic heterocycles. The van der Waals surface area contributed by atoms with E-state index in [2.05, 4.69) is 27.8 Å². The number of fused-ring (bicyclic) bond motifs is 1. The molecule has 0 unspecified atom stereocenters. The molecule has 0 fully saturated rings. The first kappa shape index (κ1) is 13.8. The lowest BCUT2D eigenvalue weighted by atomic mass is 10.2. The molecule has 7 heteroatoms. The zero-order chi connectivity index (χ0) is 14.7. The molecule has 1 aromatic carbocycles. The molecule has 2 aromatic rings. The lowest BCUT2D eigenvalue weighted by Crippen LogP contribution is -2.37. The Bertz CT molecular complexity index is 642. The smallest absolute Gasteiger partial charge is 0.243 e. The van der Waals surface area contributed by atoms with Crippen LogP contribution in [-0.2, 0) is 11.3 Å². The van der Waals surface area contributed by atoms with Gasteiger partial charge in [0.2, 0.25) is 11.0 Å². The Hall–Kier alpha value is -2.15. The van der Waals surface area contributed by atoms with Gasteiger partial charge in [0.15, 0.2) is 0 Å². The van der Waals surface area contributed by atoms with Gasteiger partial charge in [0, 0.05) is 6.54 Å². The summed E-state index contributed by atoms with van der Waals surface area (Å²) in [6.07, 6.45) is 1.05. The fraction of sp³-hybridized carbons (Fsp3) is 0.357. The first-order valence-corrected chi connectivity index (χ1v) is 7.78. The summed E-state index contributed by atoms with van der Waals surface area (Å²) in [5.74, 6) is 0.00236. The third-order valence-electron chi connectivity index (χ3n) is 3.17. The Morgan fingerprint density at radius 2 is 2.24 bits per heavy atom. The number of nitrogens with zero attached hydrogens (tertiary/aromatic N) is 3. The summed E-state index contributed by atoms with van der Waals surface area (Å²) < 4.78 is 0. The van der Waals surface area contributed by atoms with E-state index in [0.29, 0.717) is 13.1 Å². The number of hydrogen-bond donors (Lipinski definition) is 2. The molecule has 110 valence electrons. The van der Waals surface area contributed by atoms with Crippen LogP contribution < -0.4 is 15.5 Å². The molecule has 6 nitrogen and oxygen atoms in total. The maximum atomic E-state index is 11.8. The highest BCUT2D eigenvalue weighted by molar-refractivity contribution is 7.15. The highest BCUT2D eigenvalue weighted by atomic mass is 32.1. The third kappa shape index (κ3) is 3.13. The second-order valence-corrected chi connectivity index (χ2v) is 5.91. The summed E-state index contributed by atoms with van der Waals surface area (Å²) in [7, 11) is 0. The molecule has 21 heavy (non-hydrogen) atoms. The molecule has 0 saturated heterocycles. The van der Waals surface area contributed by atoms with E-state index in [1.54, 1.807) is 0 Å². The summed E-state index contributed by atoms with van der Waals surface area (Å²) in [5, 5.41) is 16.2. The van der Waals surface area contributed by atoms with Crippen LogP contribution in [0.3, 0.4) is 0 Å². The predicted octanol–water partition coefficient (Wildman–Crippen LogP) is 2.32. The molecule has 0 atom stereocenters. The minimum atomic E-state index is 0.00236. The van der Waals surface area contributed by atoms with E-state index >= 15 is 0 Å². The molecule has 0 radical (unpaired) electrons. The number of para-hydroxylation sites is 2. The Kier molecular flexibility index (Phi) is 4.01. The van der Waals surface area contributed by atoms with Crippen LogP contribution in [0.4, 0.5) is 16.5 Å². The lowest BCUT2D eigenvalue weighted by Gasteiger charge is -2.29. The Morgan fingerprint density at radius 3 is 3.10 bits per heavy atom. The van der Waals surface area contributed by atoms with Crippen molar-refractivity contribution in [2.75, 3.05) is 28.6 Å². The van der Waals surface area contributed by atoms with Crippen molar-refractivity contribution >= 4 is 33.8 Å². The summed E-state index contributed by atoms with van der Waals surface area (Å²) in [4.78, 5) is 13.8. The van der Waals surface area contributed by atoms with Crippen LogP contribution in [0.25, 0.3) is 0 Å². The van der Waals surface area contributed by atoms with Crippen molar-refractivity contribution in [3.63, 3.8) is 0 Å². The van der Waals surface area contributed by atoms with Crippen molar-refractivity contribution in [2.45, 2.75) is 19.9 Å². The molecular weight excluding hydrogens is 286 g/mol. The fourth-order valence-corrected chi connectivity index (χ4v) is 3.01. The molecule has 0 saturated carbocycles. The van der Waals surface area contributed by atoms with Crippen molar-refractivity contribution in [1.29, 1.82) is 0 Å². The van der Waals surface area contributed by atoms with Gasteiger partial charge >= 0.3 is 0 Å². The molecular formula is C14H17N5OS. The highest BCUT2D eigenvalue weighted by Gasteiger charge is 2.22. The van der Waals surface area contributed by atoms with Gasteiger partial charge in [-0.15, -0.1) is 10.2 Å². The molecule has 1 amide bonds. The van der Waals surface area contributed by atoms with Gasteiger partial charge in [0.05, 0.1) is 24.5 Å². The van der Waals surface area contributed by atoms with E-state index in [4.69, 9.17) is 0 Å². The maximum absolute atomic E-state index is 11.8. The second kappa shape index (κ2) is 6.09. The van der Waals surface area contributed by atoms with E-state index in [1.165, 1.54) is 11.3 Å². The summed E-state index contributed by atoms with van der Waals surface area (Å²) in [6.45, 7) is 3.94. The van der Waals surface area contributed by atoms with Gasteiger partial charge in [-0.3, -0.25) is 4.79 Å². The molecule has 0 aliphatic carbocycles. The van der Waals surface area contributed by atoms with E-state index in [9.17, 15) is 4.79 Å². The molecule has 0 bridgehead atoms. The standard InChI is InChI=1S/C14H17N5OS/c1-2-7-15-14-18-17-13(21-14)9-19-8-12(20)16-10-5-3-4-6-11(10)19/h3-6H,2,7-9H2,1H3,(H,15,18)(H,16,20). The Labute approximate surface area is 127 Å². The number of carbonyl (C=O) groups excluding carboxylic acids is 1. The number of hydrogen-bond acceptors (Lipinski definition) is 6. The second-order valence-electron chi connectivity index (χ2n) is 4.85. The zero-order valence-corrected chi connectivity index (χ0v) is 12.6. The molecule has 2 N–H and O–H groups in total. The van der Waals surface area contributed by atoms with Gasteiger partial charge in [-0.1, -0.05) is 30.4 Å². The van der Waals surface area contributed by atoms with Crippen molar-refractivity contribution in [1.82, 2.24) is 10.2 Å². The number of nitrogens with one attached hydrogen (secondary N) is 2. The lowest BCUT2D eigenvalue weighted by molar-refractivity contribution is -0.115. The third-order valence-corrected chi connectivity index (χ3v) is 4.04. The normalized spacial score (nSPS) is 13.8. The minimum absolute atomic E-state index is 0.00236. The number of benzene rings is 1. The minimum Gasteiger partial charge on any atom is -0.360 e. The van der Waals surface area contributed by atoms with Crippen molar-refractivity contribution in [3.05, 3.63) is 29.3 Å². The molecule has 1 aromatic heterocycles. The maximum Gasteiger partial charge on any atom is 0.243 e. The van der Waals surface area contributed by atoms with E-state index in [-0.39, 0.29) is 5.91 Å². The number of anilines is 3. The average molecular weight is 303 g/mol. The first-order valence-electron chi connectivity index (χ1n) is 6.96. The monoisotopic (exact) mass is 303 g/mol. The van der Waals surface area contributed by atoms with E-state index in [1.807, 2.05) is 29.2 Å². The molecule has 1 aliphatic rings. The van der Waals surface area contributed by atoms with Gasteiger partial charge in [-0.05, 0) is 18.6 Å². The van der Waals surface area contributed by atoms with Gasteiger partial charge in [0.25, 0.3) is 0 Å². The number of carbonyl (C=O) groups is 1. The van der Waals surface area contributed by atoms with E-state index in [0.717, 1.165) is 34.5 Å². The quantitative estimate of drug-likeness (QED) is 0.887. The zero-order valence-electron chi connectivity index (χ0n) is 11.8. The van der Waals surface area contributed by atoms with Crippen molar-refractivity contribution < 1.29 is 4.79 Å². The van der Waals surface area contributed by atoms with Crippen LogP contribution in [0.15, 0.2) is 24.3 Å². The van der Waals surface area contributed by atoms with Crippen LogP contribution in [0.1, 0.15) is 18.4 Å². The van der Waals surface area contributed by atoms with Gasteiger partial charge < -0.3 is 15.5 Å². The fourth-order valence-electron chi connectivity index (χ4n) is 2.23. The van der Waals surface area contributed by atoms with Gasteiger partial charge in [-0.2, -0.15) is 0 Å². The van der Waals surface area contributed by atoms with Crippen LogP contribution in [0, 0.1) is 0 Å². The predicted molar refractivity (Wildman–Crippen MR) is 84.8 cm³/mol. The number of rotatable bonds is 5. The largest absolute Gasteiger partial charge is 0.360 e. The van der Waals surface area contributed by atoms with Gasteiger partial charge in [-0.25, -0.2) is 0 Å². The molecule has 3 rings (SSSR count). The molecule has 0 spiro atoms. The van der Waals surface area contributed by atoms with Crippen LogP contribution >= 0.6 is 11.3 Å². The summed E-state index contributed by atoms with van der Waals surface area (Å²) >= 11 is 1.54. The van der Waals surface area contributed by atoms with Gasteiger partial charge in [0.1, 0.15) is 5.01 Å². The number of amides is 1. The number of aromatic nitrogens is 2. The first-order chi connectivity index (χ1) is 10.3. The van der Waals surface area contributed by atoms with Crippen molar-refractivity contribution in [2.24, 2.45) is 0 Å². The average Bonchev–Trinajstić information content (AvgIpc) is 2.92. The van der Waals surface area contributed by atoms with Crippen LogP contribution in [0.5, 0.6) is 0 Å². The topological polar surface area (TPSA) is 70.2 Å².